The van der Waals surface area contributed by atoms with Crippen LogP contribution < -0.4 is 0 Å². The fourth-order valence-corrected chi connectivity index (χ4v) is 2.72. The van der Waals surface area contributed by atoms with Crippen LogP contribution in [0, 0.1) is 0 Å². The van der Waals surface area contributed by atoms with Gasteiger partial charge in [0.1, 0.15) is 0 Å². The van der Waals surface area contributed by atoms with Crippen LogP contribution in [0.25, 0.3) is 11.5 Å². The summed E-state index contributed by atoms with van der Waals surface area (Å²) < 4.78 is 11.2. The monoisotopic (exact) mass is 344 g/mol. The lowest BCUT2D eigenvalue weighted by molar-refractivity contribution is 0.416. The minimum Gasteiger partial charge on any atom is -0.420 e. The molecule has 0 spiro atoms. The number of hydrogen-bond donors (Lipinski definition) is 0. The number of aromatic nitrogens is 4. The predicted octanol–water partition coefficient (Wildman–Crippen LogP) is 4.27. The molecule has 3 aromatic rings. The fourth-order valence-electron chi connectivity index (χ4n) is 2.10. The van der Waals surface area contributed by atoms with E-state index in [1.54, 1.807) is 0 Å². The largest absolute Gasteiger partial charge is 0.420 e. The van der Waals surface area contributed by atoms with Crippen LogP contribution in [-0.2, 0) is 17.6 Å². The minimum atomic E-state index is 0.122. The molecule has 0 N–H and O–H groups in total. The van der Waals surface area contributed by atoms with Crippen LogP contribution in [-0.4, -0.2) is 20.4 Å². The molecule has 0 atom stereocenters. The summed E-state index contributed by atoms with van der Waals surface area (Å²) in [5.41, 5.74) is 2.30. The molecular weight excluding hydrogens is 324 g/mol. The molecule has 6 nitrogen and oxygen atoms in total. The molecule has 0 saturated heterocycles. The van der Waals surface area contributed by atoms with E-state index in [-0.39, 0.29) is 5.41 Å². The second-order valence-corrected chi connectivity index (χ2v) is 7.36. The number of nitrogens with zero attached hydrogens (tertiary/aromatic N) is 4. The highest BCUT2D eigenvalue weighted by molar-refractivity contribution is 7.98. The molecule has 7 heteroatoms. The van der Waals surface area contributed by atoms with Crippen molar-refractivity contribution in [2.75, 3.05) is 0 Å². The third-order valence-corrected chi connectivity index (χ3v) is 4.34. The molecule has 0 fully saturated rings. The summed E-state index contributed by atoms with van der Waals surface area (Å²) >= 11 is 1.39. The Balaban J connectivity index is 1.66. The molecule has 0 aliphatic heterocycles. The Hall–Kier alpha value is -2.15. The summed E-state index contributed by atoms with van der Waals surface area (Å²) in [4.78, 5) is 0. The average molecular weight is 344 g/mol. The Kier molecular flexibility index (Phi) is 4.71. The average Bonchev–Trinajstić information content (AvgIpc) is 3.21. The van der Waals surface area contributed by atoms with Gasteiger partial charge in [-0.1, -0.05) is 51.6 Å². The van der Waals surface area contributed by atoms with Gasteiger partial charge in [-0.2, -0.15) is 0 Å². The summed E-state index contributed by atoms with van der Waals surface area (Å²) in [6.45, 7) is 8.53. The maximum Gasteiger partial charge on any atom is 0.277 e. The molecule has 126 valence electrons. The van der Waals surface area contributed by atoms with Crippen molar-refractivity contribution in [1.82, 2.24) is 20.4 Å². The van der Waals surface area contributed by atoms with Gasteiger partial charge in [0.15, 0.2) is 0 Å². The number of rotatable bonds is 5. The van der Waals surface area contributed by atoms with Crippen LogP contribution in [0.15, 0.2) is 38.3 Å². The van der Waals surface area contributed by atoms with Crippen molar-refractivity contribution in [3.05, 3.63) is 41.6 Å². The molecule has 0 amide bonds. The van der Waals surface area contributed by atoms with E-state index in [0.29, 0.717) is 28.6 Å². The smallest absolute Gasteiger partial charge is 0.277 e. The Bertz CT molecular complexity index is 803. The maximum absolute atomic E-state index is 5.72. The van der Waals surface area contributed by atoms with Gasteiger partial charge in [-0.05, 0) is 23.1 Å². The molecule has 24 heavy (non-hydrogen) atoms. The molecule has 0 saturated carbocycles. The van der Waals surface area contributed by atoms with E-state index >= 15 is 0 Å². The highest BCUT2D eigenvalue weighted by atomic mass is 32.2. The lowest BCUT2D eigenvalue weighted by atomic mass is 9.87. The quantitative estimate of drug-likeness (QED) is 0.639. The maximum atomic E-state index is 5.72. The normalized spacial score (nSPS) is 11.8. The van der Waals surface area contributed by atoms with E-state index < -0.39 is 0 Å². The van der Waals surface area contributed by atoms with E-state index in [1.165, 1.54) is 17.3 Å². The van der Waals surface area contributed by atoms with Gasteiger partial charge in [-0.25, -0.2) is 0 Å². The van der Waals surface area contributed by atoms with Gasteiger partial charge in [-0.3, -0.25) is 0 Å². The third kappa shape index (κ3) is 3.84. The lowest BCUT2D eigenvalue weighted by Gasteiger charge is -2.18. The zero-order valence-corrected chi connectivity index (χ0v) is 15.1. The van der Waals surface area contributed by atoms with Crippen LogP contribution in [0.4, 0.5) is 0 Å². The molecule has 3 rings (SSSR count). The first-order valence-corrected chi connectivity index (χ1v) is 8.82. The van der Waals surface area contributed by atoms with Crippen molar-refractivity contribution in [2.24, 2.45) is 0 Å². The van der Waals surface area contributed by atoms with Gasteiger partial charge in [0.25, 0.3) is 5.22 Å². The number of hydrogen-bond acceptors (Lipinski definition) is 7. The molecule has 1 aromatic carbocycles. The fraction of sp³-hybridized carbons (Fsp3) is 0.412. The molecule has 0 bridgehead atoms. The van der Waals surface area contributed by atoms with E-state index in [1.807, 2.05) is 19.1 Å². The first-order chi connectivity index (χ1) is 11.5. The lowest BCUT2D eigenvalue weighted by Crippen LogP contribution is -2.10. The van der Waals surface area contributed by atoms with Crippen molar-refractivity contribution in [3.63, 3.8) is 0 Å². The van der Waals surface area contributed by atoms with Crippen LogP contribution in [0.3, 0.4) is 0 Å². The van der Waals surface area contributed by atoms with Gasteiger partial charge in [-0.15, -0.1) is 20.4 Å². The van der Waals surface area contributed by atoms with Gasteiger partial charge >= 0.3 is 0 Å². The second kappa shape index (κ2) is 6.76. The van der Waals surface area contributed by atoms with Crippen LogP contribution in [0.2, 0.25) is 0 Å². The zero-order valence-electron chi connectivity index (χ0n) is 14.2. The van der Waals surface area contributed by atoms with E-state index in [9.17, 15) is 0 Å². The summed E-state index contributed by atoms with van der Waals surface area (Å²) in [6.07, 6.45) is 0.725. The molecule has 0 aliphatic rings. The number of aryl methyl sites for hydroxylation is 1. The molecule has 0 unspecified atom stereocenters. The van der Waals surface area contributed by atoms with Crippen LogP contribution in [0.5, 0.6) is 0 Å². The van der Waals surface area contributed by atoms with Gasteiger partial charge < -0.3 is 8.83 Å². The van der Waals surface area contributed by atoms with Gasteiger partial charge in [0.2, 0.25) is 17.7 Å². The molecule has 0 radical (unpaired) electrons. The van der Waals surface area contributed by atoms with Gasteiger partial charge in [0.05, 0.1) is 5.75 Å². The predicted molar refractivity (Wildman–Crippen MR) is 91.7 cm³/mol. The first-order valence-electron chi connectivity index (χ1n) is 7.84. The summed E-state index contributed by atoms with van der Waals surface area (Å²) in [5, 5.41) is 16.6. The molecule has 2 aromatic heterocycles. The Labute approximate surface area is 145 Å². The number of benzene rings is 1. The topological polar surface area (TPSA) is 77.8 Å². The third-order valence-electron chi connectivity index (χ3n) is 3.53. The van der Waals surface area contributed by atoms with Crippen molar-refractivity contribution in [1.29, 1.82) is 0 Å². The van der Waals surface area contributed by atoms with Crippen molar-refractivity contribution in [3.8, 4) is 11.5 Å². The number of thioether (sulfide) groups is 1. The first kappa shape index (κ1) is 16.7. The highest BCUT2D eigenvalue weighted by Crippen LogP contribution is 2.27. The standard InChI is InChI=1S/C17H20N4O2S/c1-5-13-18-21-16(23-13)24-10-14-19-20-15(22-14)11-6-8-12(9-7-11)17(2,3)4/h6-9H,5,10H2,1-4H3. The minimum absolute atomic E-state index is 0.122. The highest BCUT2D eigenvalue weighted by Gasteiger charge is 2.15. The van der Waals surface area contributed by atoms with E-state index in [4.69, 9.17) is 8.83 Å². The van der Waals surface area contributed by atoms with E-state index in [0.717, 1.165) is 12.0 Å². The van der Waals surface area contributed by atoms with Crippen LogP contribution >= 0.6 is 11.8 Å². The van der Waals surface area contributed by atoms with Crippen molar-refractivity contribution in [2.45, 2.75) is 50.5 Å². The van der Waals surface area contributed by atoms with Crippen LogP contribution in [0.1, 0.15) is 45.0 Å². The van der Waals surface area contributed by atoms with Crippen molar-refractivity contribution < 1.29 is 8.83 Å². The Morgan fingerprint density at radius 1 is 0.917 bits per heavy atom. The molecule has 0 aliphatic carbocycles. The summed E-state index contributed by atoms with van der Waals surface area (Å²) in [6, 6.07) is 8.21. The summed E-state index contributed by atoms with van der Waals surface area (Å²) in [5.74, 6) is 2.18. The Morgan fingerprint density at radius 2 is 1.62 bits per heavy atom. The van der Waals surface area contributed by atoms with Gasteiger partial charge in [0, 0.05) is 12.0 Å². The second-order valence-electron chi connectivity index (χ2n) is 6.43. The Morgan fingerprint density at radius 3 is 2.25 bits per heavy atom. The zero-order chi connectivity index (χ0) is 17.2. The van der Waals surface area contributed by atoms with Crippen molar-refractivity contribution >= 4 is 11.8 Å². The van der Waals surface area contributed by atoms with E-state index in [2.05, 4.69) is 53.3 Å². The SMILES string of the molecule is CCc1nnc(SCc2nnc(-c3ccc(C(C)(C)C)cc3)o2)o1. The summed E-state index contributed by atoms with van der Waals surface area (Å²) in [7, 11) is 0. The molecular formula is C17H20N4O2S. The molecule has 2 heterocycles.